The van der Waals surface area contributed by atoms with Gasteiger partial charge in [0, 0.05) is 18.1 Å². The predicted octanol–water partition coefficient (Wildman–Crippen LogP) is -1.97. The minimum Gasteiger partial charge on any atom is -0.477 e. The number of aliphatic carboxylic acids is 1. The van der Waals surface area contributed by atoms with E-state index in [4.69, 9.17) is 0 Å². The monoisotopic (exact) mass is 623 g/mol. The quantitative estimate of drug-likeness (QED) is 0.171. The Morgan fingerprint density at radius 3 is 2.55 bits per heavy atom. The molecule has 1 saturated heterocycles. The first kappa shape index (κ1) is 30.1. The lowest BCUT2D eigenvalue weighted by molar-refractivity contribution is -0.150. The molecular weight excluding hydrogens is 603 g/mol. The number of sulfonamides is 1. The molecule has 0 bridgehead atoms. The lowest BCUT2D eigenvalue weighted by Gasteiger charge is -2.49. The highest BCUT2D eigenvalue weighted by atomic mass is 32.2. The minimum atomic E-state index is -5.03. The van der Waals surface area contributed by atoms with Crippen LogP contribution in [0.1, 0.15) is 0 Å². The van der Waals surface area contributed by atoms with Crippen LogP contribution in [0, 0.1) is 0 Å². The molecule has 1 fully saturated rings. The van der Waals surface area contributed by atoms with E-state index in [9.17, 15) is 49.5 Å². The molecule has 38 heavy (non-hydrogen) atoms. The third kappa shape index (κ3) is 7.80. The molecule has 22 heteroatoms. The molecule has 2 atom stereocenters. The molecule has 212 valence electrons. The Morgan fingerprint density at radius 1 is 1.26 bits per heavy atom. The number of fused-ring (bicyclic) bond motifs is 1. The van der Waals surface area contributed by atoms with E-state index in [2.05, 4.69) is 25.6 Å². The number of carboxylic acids is 1. The van der Waals surface area contributed by atoms with Crippen molar-refractivity contribution in [2.45, 2.75) is 29.3 Å². The van der Waals surface area contributed by atoms with Crippen LogP contribution in [0.4, 0.5) is 13.2 Å². The molecule has 0 saturated carbocycles. The van der Waals surface area contributed by atoms with Crippen LogP contribution in [0.2, 0.25) is 0 Å². The molecular formula is C16H20F3N7O8S4. The van der Waals surface area contributed by atoms with Crippen molar-refractivity contribution < 1.29 is 49.5 Å². The second-order valence-electron chi connectivity index (χ2n) is 8.00. The van der Waals surface area contributed by atoms with E-state index in [1.807, 2.05) is 0 Å². The summed E-state index contributed by atoms with van der Waals surface area (Å²) in [6.07, 6.45) is -4.05. The van der Waals surface area contributed by atoms with Gasteiger partial charge in [0.15, 0.2) is 9.84 Å². The van der Waals surface area contributed by atoms with Gasteiger partial charge in [-0.05, 0) is 16.0 Å². The SMILES string of the molecule is CS(=O)(=O)NCCn1nnnc1SCC1=C(C(=O)O)N2C(=O)[C@@H](NC(=O)CS(=O)(=O)CC(F)(F)F)[C@H]2SC1. The van der Waals surface area contributed by atoms with Crippen LogP contribution in [-0.2, 0) is 40.8 Å². The highest BCUT2D eigenvalue weighted by Gasteiger charge is 2.54. The molecule has 2 aliphatic heterocycles. The highest BCUT2D eigenvalue weighted by molar-refractivity contribution is 8.01. The molecule has 0 spiro atoms. The number of carbonyl (C=O) groups excluding carboxylic acids is 2. The van der Waals surface area contributed by atoms with Crippen LogP contribution in [-0.4, -0.2) is 118 Å². The summed E-state index contributed by atoms with van der Waals surface area (Å²) >= 11 is 2.11. The molecule has 2 amide bonds. The molecule has 2 aliphatic rings. The van der Waals surface area contributed by atoms with Gasteiger partial charge in [-0.15, -0.1) is 16.9 Å². The van der Waals surface area contributed by atoms with Crippen molar-refractivity contribution in [2.24, 2.45) is 0 Å². The smallest absolute Gasteiger partial charge is 0.402 e. The summed E-state index contributed by atoms with van der Waals surface area (Å²) in [5, 5.41) is 22.2. The van der Waals surface area contributed by atoms with Crippen LogP contribution in [0.25, 0.3) is 0 Å². The van der Waals surface area contributed by atoms with Crippen LogP contribution >= 0.6 is 23.5 Å². The molecule has 0 aromatic carbocycles. The number of carboxylic acid groups (broad SMARTS) is 1. The summed E-state index contributed by atoms with van der Waals surface area (Å²) in [4.78, 5) is 37.5. The number of hydrogen-bond donors (Lipinski definition) is 3. The van der Waals surface area contributed by atoms with Gasteiger partial charge in [-0.3, -0.25) is 14.5 Å². The molecule has 3 N–H and O–H groups in total. The lowest BCUT2D eigenvalue weighted by atomic mass is 10.0. The van der Waals surface area contributed by atoms with Crippen molar-refractivity contribution in [2.75, 3.05) is 35.8 Å². The van der Waals surface area contributed by atoms with Gasteiger partial charge in [-0.2, -0.15) is 13.2 Å². The van der Waals surface area contributed by atoms with Crippen molar-refractivity contribution in [3.63, 3.8) is 0 Å². The van der Waals surface area contributed by atoms with E-state index in [0.717, 1.165) is 34.7 Å². The first-order valence-corrected chi connectivity index (χ1v) is 16.0. The van der Waals surface area contributed by atoms with E-state index >= 15 is 0 Å². The van der Waals surface area contributed by atoms with Gasteiger partial charge < -0.3 is 10.4 Å². The summed E-state index contributed by atoms with van der Waals surface area (Å²) in [5.41, 5.74) is -0.0300. The molecule has 1 aromatic heterocycles. The highest BCUT2D eigenvalue weighted by Crippen LogP contribution is 2.41. The molecule has 0 aliphatic carbocycles. The number of alkyl halides is 3. The first-order chi connectivity index (χ1) is 17.5. The van der Waals surface area contributed by atoms with Crippen LogP contribution in [0.5, 0.6) is 0 Å². The minimum absolute atomic E-state index is 0.00489. The van der Waals surface area contributed by atoms with Gasteiger partial charge in [0.25, 0.3) is 5.91 Å². The Morgan fingerprint density at radius 2 is 1.95 bits per heavy atom. The number of halogens is 3. The van der Waals surface area contributed by atoms with Crippen molar-refractivity contribution in [3.8, 4) is 0 Å². The van der Waals surface area contributed by atoms with Crippen molar-refractivity contribution in [1.29, 1.82) is 0 Å². The number of rotatable bonds is 12. The fraction of sp³-hybridized carbons (Fsp3) is 0.625. The van der Waals surface area contributed by atoms with Gasteiger partial charge >= 0.3 is 12.1 Å². The number of nitrogens with one attached hydrogen (secondary N) is 2. The third-order valence-corrected chi connectivity index (χ3v) is 9.44. The summed E-state index contributed by atoms with van der Waals surface area (Å²) < 4.78 is 86.3. The predicted molar refractivity (Wildman–Crippen MR) is 126 cm³/mol. The zero-order chi connectivity index (χ0) is 28.5. The largest absolute Gasteiger partial charge is 0.477 e. The average Bonchev–Trinajstić information content (AvgIpc) is 3.19. The fourth-order valence-electron chi connectivity index (χ4n) is 3.44. The fourth-order valence-corrected chi connectivity index (χ4v) is 7.37. The van der Waals surface area contributed by atoms with Gasteiger partial charge in [-0.1, -0.05) is 11.8 Å². The maximum absolute atomic E-state index is 12.6. The van der Waals surface area contributed by atoms with E-state index in [-0.39, 0.29) is 35.4 Å². The van der Waals surface area contributed by atoms with E-state index in [1.165, 1.54) is 4.68 Å². The molecule has 15 nitrogen and oxygen atoms in total. The number of thioether (sulfide) groups is 2. The normalized spacial score (nSPS) is 20.2. The van der Waals surface area contributed by atoms with E-state index < -0.39 is 66.7 Å². The Hall–Kier alpha value is -2.43. The third-order valence-electron chi connectivity index (χ3n) is 4.86. The van der Waals surface area contributed by atoms with Crippen LogP contribution in [0.15, 0.2) is 16.4 Å². The molecule has 1 aromatic rings. The molecule has 3 heterocycles. The summed E-state index contributed by atoms with van der Waals surface area (Å²) in [7, 11) is -8.25. The number of tetrazole rings is 1. The van der Waals surface area contributed by atoms with Gasteiger partial charge in [0.1, 0.15) is 28.6 Å². The van der Waals surface area contributed by atoms with Crippen LogP contribution < -0.4 is 10.0 Å². The summed E-state index contributed by atoms with van der Waals surface area (Å²) in [6.45, 7) is 0.0969. The summed E-state index contributed by atoms with van der Waals surface area (Å²) in [5.74, 6) is -7.15. The van der Waals surface area contributed by atoms with Gasteiger partial charge in [0.2, 0.25) is 21.1 Å². The average molecular weight is 624 g/mol. The second-order valence-corrected chi connectivity index (χ2v) is 13.9. The van der Waals surface area contributed by atoms with Gasteiger partial charge in [0.05, 0.1) is 12.8 Å². The number of nitrogens with zero attached hydrogens (tertiary/aromatic N) is 5. The Labute approximate surface area is 221 Å². The Bertz CT molecular complexity index is 1360. The Kier molecular flexibility index (Phi) is 9.00. The topological polar surface area (TPSA) is 211 Å². The number of hydrogen-bond acceptors (Lipinski definition) is 12. The number of amides is 2. The first-order valence-electron chi connectivity index (χ1n) is 10.3. The zero-order valence-electron chi connectivity index (χ0n) is 19.2. The summed E-state index contributed by atoms with van der Waals surface area (Å²) in [6, 6.07) is -1.31. The molecule has 0 unspecified atom stereocenters. The number of carbonyl (C=O) groups is 3. The van der Waals surface area contributed by atoms with Crippen molar-refractivity contribution in [1.82, 2.24) is 35.1 Å². The zero-order valence-corrected chi connectivity index (χ0v) is 22.5. The van der Waals surface area contributed by atoms with Gasteiger partial charge in [-0.25, -0.2) is 31.0 Å². The maximum Gasteiger partial charge on any atom is 0.402 e. The van der Waals surface area contributed by atoms with E-state index in [1.54, 1.807) is 0 Å². The van der Waals surface area contributed by atoms with Crippen LogP contribution in [0.3, 0.4) is 0 Å². The standard InChI is InChI=1S/C16H20F3N7O8S4/c1-37(31,32)20-2-3-25-15(22-23-24-25)36-5-8-4-35-13-10(12(28)26(13)11(8)14(29)30)21-9(27)6-38(33,34)7-16(17,18)19/h10,13,20H,2-7H2,1H3,(H,21,27)(H,29,30)/t10-,13-/m1/s1. The second kappa shape index (κ2) is 11.4. The van der Waals surface area contributed by atoms with E-state index in [0.29, 0.717) is 5.57 Å². The Balaban J connectivity index is 1.65. The maximum atomic E-state index is 12.6. The molecule has 3 rings (SSSR count). The lowest BCUT2D eigenvalue weighted by Crippen LogP contribution is -2.71. The molecule has 0 radical (unpaired) electrons. The van der Waals surface area contributed by atoms with Crippen molar-refractivity contribution in [3.05, 3.63) is 11.3 Å². The number of sulfone groups is 1. The number of aromatic nitrogens is 4. The van der Waals surface area contributed by atoms with Crippen molar-refractivity contribution >= 4 is 61.2 Å². The number of β-lactam (4-membered cyclic amide) rings is 1.